The van der Waals surface area contributed by atoms with E-state index in [2.05, 4.69) is 0 Å². The molecule has 0 aliphatic heterocycles. The molecule has 0 radical (unpaired) electrons. The lowest BCUT2D eigenvalue weighted by Gasteiger charge is -2.19. The summed E-state index contributed by atoms with van der Waals surface area (Å²) < 4.78 is 5.15. The van der Waals surface area contributed by atoms with Gasteiger partial charge in [-0.3, -0.25) is 4.79 Å². The van der Waals surface area contributed by atoms with Gasteiger partial charge in [0.1, 0.15) is 18.0 Å². The lowest BCUT2D eigenvalue weighted by atomic mass is 9.90. The fourth-order valence-electron chi connectivity index (χ4n) is 1.82. The van der Waals surface area contributed by atoms with Crippen LogP contribution in [0, 0.1) is 5.41 Å². The van der Waals surface area contributed by atoms with Gasteiger partial charge in [-0.1, -0.05) is 32.9 Å². The lowest BCUT2D eigenvalue weighted by Crippen LogP contribution is -2.22. The molecular formula is C17H24O5. The molecule has 2 unspecified atom stereocenters. The van der Waals surface area contributed by atoms with E-state index in [9.17, 15) is 15.0 Å². The molecule has 0 saturated heterocycles. The highest BCUT2D eigenvalue weighted by Crippen LogP contribution is 2.29. The molecule has 122 valence electrons. The predicted molar refractivity (Wildman–Crippen MR) is 84.5 cm³/mol. The third-order valence-corrected chi connectivity index (χ3v) is 3.29. The molecule has 5 heteroatoms. The van der Waals surface area contributed by atoms with E-state index in [0.29, 0.717) is 16.9 Å². The molecular weight excluding hydrogens is 284 g/mol. The number of carbonyl (C=O) groups is 1. The monoisotopic (exact) mass is 308 g/mol. The summed E-state index contributed by atoms with van der Waals surface area (Å²) in [7, 11) is 1.45. The van der Waals surface area contributed by atoms with Gasteiger partial charge in [-0.05, 0) is 23.8 Å². The van der Waals surface area contributed by atoms with Crippen molar-refractivity contribution >= 4 is 11.9 Å². The summed E-state index contributed by atoms with van der Waals surface area (Å²) in [4.78, 5) is 11.9. The fraction of sp³-hybridized carbons (Fsp3) is 0.471. The summed E-state index contributed by atoms with van der Waals surface area (Å²) in [6.07, 6.45) is 0.561. The van der Waals surface area contributed by atoms with Crippen molar-refractivity contribution in [1.82, 2.24) is 0 Å². The second-order valence-electron chi connectivity index (χ2n) is 6.14. The van der Waals surface area contributed by atoms with E-state index < -0.39 is 24.2 Å². The first-order valence-electron chi connectivity index (χ1n) is 7.08. The highest BCUT2D eigenvalue weighted by atomic mass is 16.5. The SMILES string of the molecule is COc1ccc(C=CC(=O)C(C)(C)C)cc1C(O)C(O)CO. The molecule has 2 atom stereocenters. The summed E-state index contributed by atoms with van der Waals surface area (Å²) in [6.45, 7) is 4.94. The molecule has 0 fully saturated rings. The van der Waals surface area contributed by atoms with Gasteiger partial charge in [-0.2, -0.15) is 0 Å². The molecule has 0 bridgehead atoms. The van der Waals surface area contributed by atoms with Crippen molar-refractivity contribution < 1.29 is 24.9 Å². The maximum Gasteiger partial charge on any atom is 0.161 e. The number of hydrogen-bond donors (Lipinski definition) is 3. The summed E-state index contributed by atoms with van der Waals surface area (Å²) >= 11 is 0. The van der Waals surface area contributed by atoms with E-state index >= 15 is 0 Å². The van der Waals surface area contributed by atoms with Crippen molar-refractivity contribution in [2.24, 2.45) is 5.41 Å². The van der Waals surface area contributed by atoms with E-state index in [1.165, 1.54) is 13.2 Å². The standard InChI is InChI=1S/C17H24O5/c1-17(2,3)15(20)8-6-11-5-7-14(22-4)12(9-11)16(21)13(19)10-18/h5-9,13,16,18-19,21H,10H2,1-4H3. The van der Waals surface area contributed by atoms with Gasteiger partial charge in [0.15, 0.2) is 5.78 Å². The zero-order chi connectivity index (χ0) is 16.9. The molecule has 1 rings (SSSR count). The predicted octanol–water partition coefficient (Wildman–Crippen LogP) is 1.71. The second-order valence-corrected chi connectivity index (χ2v) is 6.14. The average Bonchev–Trinajstić information content (AvgIpc) is 2.49. The van der Waals surface area contributed by atoms with Crippen LogP contribution in [-0.4, -0.2) is 40.9 Å². The molecule has 0 aliphatic rings. The van der Waals surface area contributed by atoms with Gasteiger partial charge in [0, 0.05) is 11.0 Å². The van der Waals surface area contributed by atoms with Crippen molar-refractivity contribution in [2.45, 2.75) is 33.0 Å². The van der Waals surface area contributed by atoms with E-state index in [1.54, 1.807) is 24.3 Å². The minimum absolute atomic E-state index is 0.0131. The van der Waals surface area contributed by atoms with Gasteiger partial charge in [-0.15, -0.1) is 0 Å². The van der Waals surface area contributed by atoms with Crippen molar-refractivity contribution in [2.75, 3.05) is 13.7 Å². The van der Waals surface area contributed by atoms with Crippen molar-refractivity contribution in [3.05, 3.63) is 35.4 Å². The fourth-order valence-corrected chi connectivity index (χ4v) is 1.82. The molecule has 0 saturated carbocycles. The Morgan fingerprint density at radius 3 is 2.45 bits per heavy atom. The number of benzene rings is 1. The minimum Gasteiger partial charge on any atom is -0.496 e. The van der Waals surface area contributed by atoms with Crippen molar-refractivity contribution in [3.63, 3.8) is 0 Å². The van der Waals surface area contributed by atoms with Crippen LogP contribution in [0.3, 0.4) is 0 Å². The average molecular weight is 308 g/mol. The Bertz CT molecular complexity index is 542. The van der Waals surface area contributed by atoms with Gasteiger partial charge in [0.2, 0.25) is 0 Å². The highest BCUT2D eigenvalue weighted by Gasteiger charge is 2.22. The largest absolute Gasteiger partial charge is 0.496 e. The van der Waals surface area contributed by atoms with Crippen LogP contribution in [0.5, 0.6) is 5.75 Å². The zero-order valence-corrected chi connectivity index (χ0v) is 13.4. The Labute approximate surface area is 130 Å². The van der Waals surface area contributed by atoms with Gasteiger partial charge < -0.3 is 20.1 Å². The number of methoxy groups -OCH3 is 1. The van der Waals surface area contributed by atoms with Crippen LogP contribution < -0.4 is 4.74 Å². The molecule has 5 nitrogen and oxygen atoms in total. The highest BCUT2D eigenvalue weighted by molar-refractivity contribution is 5.97. The number of aliphatic hydroxyl groups excluding tert-OH is 3. The first-order valence-corrected chi connectivity index (χ1v) is 7.08. The van der Waals surface area contributed by atoms with Crippen LogP contribution in [0.15, 0.2) is 24.3 Å². The number of carbonyl (C=O) groups excluding carboxylic acids is 1. The summed E-state index contributed by atoms with van der Waals surface area (Å²) in [6, 6.07) is 5.01. The van der Waals surface area contributed by atoms with Crippen LogP contribution in [0.4, 0.5) is 0 Å². The first-order chi connectivity index (χ1) is 10.2. The lowest BCUT2D eigenvalue weighted by molar-refractivity contribution is -0.121. The van der Waals surface area contributed by atoms with Crippen LogP contribution >= 0.6 is 0 Å². The molecule has 1 aromatic rings. The van der Waals surface area contributed by atoms with Gasteiger partial charge in [0.05, 0.1) is 13.7 Å². The number of hydrogen-bond acceptors (Lipinski definition) is 5. The number of ketones is 1. The van der Waals surface area contributed by atoms with E-state index in [0.717, 1.165) is 0 Å². The third-order valence-electron chi connectivity index (χ3n) is 3.29. The molecule has 1 aromatic carbocycles. The van der Waals surface area contributed by atoms with Gasteiger partial charge in [-0.25, -0.2) is 0 Å². The quantitative estimate of drug-likeness (QED) is 0.696. The molecule has 0 spiro atoms. The summed E-state index contributed by atoms with van der Waals surface area (Å²) in [5.41, 5.74) is 0.588. The summed E-state index contributed by atoms with van der Waals surface area (Å²) in [5.74, 6) is 0.389. The normalized spacial score (nSPS) is 14.9. The molecule has 0 heterocycles. The Kier molecular flexibility index (Phi) is 6.29. The second kappa shape index (κ2) is 7.54. The maximum absolute atomic E-state index is 11.9. The molecule has 0 aromatic heterocycles. The van der Waals surface area contributed by atoms with Crippen LogP contribution in [0.1, 0.15) is 38.0 Å². The van der Waals surface area contributed by atoms with Crippen molar-refractivity contribution in [3.8, 4) is 5.75 Å². The topological polar surface area (TPSA) is 87.0 Å². The molecule has 0 aliphatic carbocycles. The Morgan fingerprint density at radius 2 is 1.95 bits per heavy atom. The third kappa shape index (κ3) is 4.66. The maximum atomic E-state index is 11.9. The van der Waals surface area contributed by atoms with Crippen LogP contribution in [-0.2, 0) is 4.79 Å². The Morgan fingerprint density at radius 1 is 1.32 bits per heavy atom. The van der Waals surface area contributed by atoms with Gasteiger partial charge in [0.25, 0.3) is 0 Å². The number of aliphatic hydroxyl groups is 3. The minimum atomic E-state index is -1.30. The van der Waals surface area contributed by atoms with E-state index in [-0.39, 0.29) is 5.78 Å². The number of ether oxygens (including phenoxy) is 1. The van der Waals surface area contributed by atoms with Gasteiger partial charge >= 0.3 is 0 Å². The zero-order valence-electron chi connectivity index (χ0n) is 13.4. The number of rotatable bonds is 6. The summed E-state index contributed by atoms with van der Waals surface area (Å²) in [5, 5.41) is 28.6. The van der Waals surface area contributed by atoms with Crippen molar-refractivity contribution in [1.29, 1.82) is 0 Å². The van der Waals surface area contributed by atoms with E-state index in [4.69, 9.17) is 9.84 Å². The Balaban J connectivity index is 3.10. The number of allylic oxidation sites excluding steroid dienone is 1. The first kappa shape index (κ1) is 18.4. The molecule has 0 amide bonds. The molecule has 22 heavy (non-hydrogen) atoms. The van der Waals surface area contributed by atoms with Crippen LogP contribution in [0.2, 0.25) is 0 Å². The smallest absolute Gasteiger partial charge is 0.161 e. The van der Waals surface area contributed by atoms with Crippen LogP contribution in [0.25, 0.3) is 6.08 Å². The van der Waals surface area contributed by atoms with E-state index in [1.807, 2.05) is 20.8 Å². The Hall–Kier alpha value is -1.69. The molecule has 3 N–H and O–H groups in total.